The minimum absolute atomic E-state index is 0.144. The third kappa shape index (κ3) is 3.82. The lowest BCUT2D eigenvalue weighted by atomic mass is 10.2. The van der Waals surface area contributed by atoms with E-state index in [9.17, 15) is 9.59 Å². The van der Waals surface area contributed by atoms with Crippen LogP contribution in [0.1, 0.15) is 5.56 Å². The number of aromatic amines is 1. The van der Waals surface area contributed by atoms with Crippen molar-refractivity contribution in [1.82, 2.24) is 14.5 Å². The van der Waals surface area contributed by atoms with Crippen LogP contribution in [0.15, 0.2) is 71.1 Å². The lowest BCUT2D eigenvalue weighted by Crippen LogP contribution is -2.23. The lowest BCUT2D eigenvalue weighted by Gasteiger charge is -2.10. The zero-order valence-corrected chi connectivity index (χ0v) is 16.8. The van der Waals surface area contributed by atoms with Gasteiger partial charge in [-0.2, -0.15) is 0 Å². The Balaban J connectivity index is 1.64. The molecule has 0 unspecified atom stereocenters. The number of aromatic nitrogens is 3. The van der Waals surface area contributed by atoms with E-state index in [0.717, 1.165) is 22.2 Å². The second-order valence-corrected chi connectivity index (χ2v) is 7.64. The van der Waals surface area contributed by atoms with Gasteiger partial charge < -0.3 is 10.3 Å². The van der Waals surface area contributed by atoms with Crippen LogP contribution in [0.5, 0.6) is 0 Å². The minimum atomic E-state index is -0.174. The van der Waals surface area contributed by atoms with E-state index in [1.807, 2.05) is 55.5 Å². The second kappa shape index (κ2) is 7.97. The van der Waals surface area contributed by atoms with Crippen molar-refractivity contribution in [2.75, 3.05) is 11.1 Å². The maximum atomic E-state index is 13.0. The van der Waals surface area contributed by atoms with Gasteiger partial charge in [0.2, 0.25) is 5.91 Å². The molecular formula is C22H20N4O2S. The van der Waals surface area contributed by atoms with E-state index in [1.54, 1.807) is 6.08 Å². The van der Waals surface area contributed by atoms with Gasteiger partial charge in [-0.3, -0.25) is 14.2 Å². The topological polar surface area (TPSA) is 79.8 Å². The van der Waals surface area contributed by atoms with Crippen LogP contribution in [0, 0.1) is 6.92 Å². The van der Waals surface area contributed by atoms with Crippen molar-refractivity contribution in [1.29, 1.82) is 0 Å². The van der Waals surface area contributed by atoms with Gasteiger partial charge in [-0.15, -0.1) is 6.58 Å². The summed E-state index contributed by atoms with van der Waals surface area (Å²) in [5.74, 6) is -0.0111. The smallest absolute Gasteiger partial charge is 0.278 e. The van der Waals surface area contributed by atoms with Crippen molar-refractivity contribution in [3.05, 3.63) is 77.1 Å². The van der Waals surface area contributed by atoms with Crippen LogP contribution < -0.4 is 10.9 Å². The van der Waals surface area contributed by atoms with Gasteiger partial charge >= 0.3 is 0 Å². The molecular weight excluding hydrogens is 384 g/mol. The molecule has 2 N–H and O–H groups in total. The number of allylic oxidation sites excluding steroid dienone is 1. The SMILES string of the molecule is C=CCn1c(SCC(=O)Nc2ccc(C)cc2)nc2c([nH]c3ccccc32)c1=O. The van der Waals surface area contributed by atoms with E-state index in [2.05, 4.69) is 16.9 Å². The molecule has 2 heterocycles. The van der Waals surface area contributed by atoms with Gasteiger partial charge in [0.25, 0.3) is 5.56 Å². The fraction of sp³-hybridized carbons (Fsp3) is 0.136. The summed E-state index contributed by atoms with van der Waals surface area (Å²) in [4.78, 5) is 33.2. The molecule has 6 nitrogen and oxygen atoms in total. The average molecular weight is 404 g/mol. The van der Waals surface area contributed by atoms with Crippen molar-refractivity contribution in [3.8, 4) is 0 Å². The van der Waals surface area contributed by atoms with Crippen molar-refractivity contribution in [2.24, 2.45) is 0 Å². The van der Waals surface area contributed by atoms with Crippen molar-refractivity contribution < 1.29 is 4.79 Å². The summed E-state index contributed by atoms with van der Waals surface area (Å²) < 4.78 is 1.54. The van der Waals surface area contributed by atoms with E-state index < -0.39 is 0 Å². The first-order valence-corrected chi connectivity index (χ1v) is 10.2. The second-order valence-electron chi connectivity index (χ2n) is 6.70. The van der Waals surface area contributed by atoms with Gasteiger partial charge in [-0.25, -0.2) is 4.98 Å². The van der Waals surface area contributed by atoms with Crippen molar-refractivity contribution >= 4 is 45.3 Å². The maximum Gasteiger partial charge on any atom is 0.278 e. The highest BCUT2D eigenvalue weighted by molar-refractivity contribution is 7.99. The zero-order chi connectivity index (χ0) is 20.4. The number of carbonyl (C=O) groups excluding carboxylic acids is 1. The molecule has 0 radical (unpaired) electrons. The number of nitrogens with one attached hydrogen (secondary N) is 2. The number of aryl methyl sites for hydroxylation is 1. The van der Waals surface area contributed by atoms with Crippen LogP contribution >= 0.6 is 11.8 Å². The van der Waals surface area contributed by atoms with Gasteiger partial charge in [0.15, 0.2) is 5.16 Å². The number of thioether (sulfide) groups is 1. The lowest BCUT2D eigenvalue weighted by molar-refractivity contribution is -0.113. The Morgan fingerprint density at radius 2 is 2.00 bits per heavy atom. The molecule has 0 atom stereocenters. The molecule has 0 saturated carbocycles. The quantitative estimate of drug-likeness (QED) is 0.288. The normalized spacial score (nSPS) is 11.1. The number of fused-ring (bicyclic) bond motifs is 3. The number of amides is 1. The number of hydrogen-bond acceptors (Lipinski definition) is 4. The molecule has 2 aromatic carbocycles. The van der Waals surface area contributed by atoms with Crippen LogP contribution in [-0.4, -0.2) is 26.2 Å². The average Bonchev–Trinajstić information content (AvgIpc) is 3.09. The molecule has 0 fully saturated rings. The summed E-state index contributed by atoms with van der Waals surface area (Å²) in [6, 6.07) is 15.3. The number of rotatable bonds is 6. The van der Waals surface area contributed by atoms with Crippen LogP contribution in [0.4, 0.5) is 5.69 Å². The Bertz CT molecular complexity index is 1270. The monoisotopic (exact) mass is 404 g/mol. The number of carbonyl (C=O) groups is 1. The Kier molecular flexibility index (Phi) is 5.22. The molecule has 0 aliphatic carbocycles. The number of anilines is 1. The van der Waals surface area contributed by atoms with Gasteiger partial charge in [0, 0.05) is 23.1 Å². The maximum absolute atomic E-state index is 13.0. The standard InChI is InChI=1S/C22H20N4O2S/c1-3-12-26-21(28)20-19(16-6-4-5-7-17(16)24-20)25-22(26)29-13-18(27)23-15-10-8-14(2)9-11-15/h3-11,24H,1,12-13H2,2H3,(H,23,27). The highest BCUT2D eigenvalue weighted by Gasteiger charge is 2.16. The van der Waals surface area contributed by atoms with E-state index in [0.29, 0.717) is 22.7 Å². The Morgan fingerprint density at radius 3 is 2.76 bits per heavy atom. The van der Waals surface area contributed by atoms with E-state index >= 15 is 0 Å². The van der Waals surface area contributed by atoms with Crippen LogP contribution in [0.25, 0.3) is 21.9 Å². The predicted octanol–water partition coefficient (Wildman–Crippen LogP) is 4.10. The summed E-state index contributed by atoms with van der Waals surface area (Å²) >= 11 is 1.24. The first-order chi connectivity index (χ1) is 14.1. The van der Waals surface area contributed by atoms with Gasteiger partial charge in [0.1, 0.15) is 11.0 Å². The van der Waals surface area contributed by atoms with Crippen molar-refractivity contribution in [2.45, 2.75) is 18.6 Å². The summed E-state index contributed by atoms with van der Waals surface area (Å²) in [5, 5.41) is 4.24. The Hall–Kier alpha value is -3.32. The van der Waals surface area contributed by atoms with E-state index in [4.69, 9.17) is 4.98 Å². The highest BCUT2D eigenvalue weighted by Crippen LogP contribution is 2.24. The summed E-state index contributed by atoms with van der Waals surface area (Å²) in [5.41, 5.74) is 3.63. The number of H-pyrrole nitrogens is 1. The third-order valence-corrected chi connectivity index (χ3v) is 5.53. The molecule has 4 aromatic rings. The molecule has 0 spiro atoms. The van der Waals surface area contributed by atoms with E-state index in [1.165, 1.54) is 16.3 Å². The number of hydrogen-bond donors (Lipinski definition) is 2. The Morgan fingerprint density at radius 1 is 1.24 bits per heavy atom. The molecule has 0 aliphatic rings. The summed E-state index contributed by atoms with van der Waals surface area (Å²) in [6.07, 6.45) is 1.65. The molecule has 146 valence electrons. The minimum Gasteiger partial charge on any atom is -0.349 e. The first kappa shape index (κ1) is 19.0. The van der Waals surface area contributed by atoms with Gasteiger partial charge in [-0.05, 0) is 25.1 Å². The highest BCUT2D eigenvalue weighted by atomic mass is 32.2. The first-order valence-electron chi connectivity index (χ1n) is 9.18. The third-order valence-electron chi connectivity index (χ3n) is 4.56. The van der Waals surface area contributed by atoms with Gasteiger partial charge in [0.05, 0.1) is 5.75 Å². The zero-order valence-electron chi connectivity index (χ0n) is 15.9. The molecule has 7 heteroatoms. The molecule has 0 bridgehead atoms. The number of para-hydroxylation sites is 1. The molecule has 0 aliphatic heterocycles. The van der Waals surface area contributed by atoms with Gasteiger partial charge in [-0.1, -0.05) is 53.7 Å². The summed E-state index contributed by atoms with van der Waals surface area (Å²) in [7, 11) is 0. The predicted molar refractivity (Wildman–Crippen MR) is 119 cm³/mol. The molecule has 1 amide bonds. The molecule has 0 saturated heterocycles. The molecule has 29 heavy (non-hydrogen) atoms. The van der Waals surface area contributed by atoms with Crippen LogP contribution in [-0.2, 0) is 11.3 Å². The fourth-order valence-corrected chi connectivity index (χ4v) is 3.94. The summed E-state index contributed by atoms with van der Waals surface area (Å²) in [6.45, 7) is 6.04. The van der Waals surface area contributed by atoms with Crippen LogP contribution in [0.2, 0.25) is 0 Å². The fourth-order valence-electron chi connectivity index (χ4n) is 3.14. The largest absolute Gasteiger partial charge is 0.349 e. The Labute approximate surface area is 171 Å². The van der Waals surface area contributed by atoms with Crippen molar-refractivity contribution in [3.63, 3.8) is 0 Å². The molecule has 2 aromatic heterocycles. The molecule has 4 rings (SSSR count). The van der Waals surface area contributed by atoms with Crippen LogP contribution in [0.3, 0.4) is 0 Å². The number of benzene rings is 2. The van der Waals surface area contributed by atoms with E-state index in [-0.39, 0.29) is 17.2 Å². The number of nitrogens with zero attached hydrogens (tertiary/aromatic N) is 2.